The number of aromatic nitrogens is 1. The van der Waals surface area contributed by atoms with E-state index in [9.17, 15) is 19.6 Å². The Kier molecular flexibility index (Phi) is 7.36. The number of nitriles is 1. The van der Waals surface area contributed by atoms with Gasteiger partial charge in [0.05, 0.1) is 5.56 Å². The van der Waals surface area contributed by atoms with Gasteiger partial charge in [-0.05, 0) is 54.2 Å². The van der Waals surface area contributed by atoms with E-state index in [1.165, 1.54) is 23.0 Å². The maximum Gasteiger partial charge on any atom is 0.356 e. The summed E-state index contributed by atoms with van der Waals surface area (Å²) in [5, 5.41) is 14.3. The van der Waals surface area contributed by atoms with Gasteiger partial charge in [-0.1, -0.05) is 62.4 Å². The number of carbonyl (C=O) groups is 2. The molecule has 8 heteroatoms. The Morgan fingerprint density at radius 3 is 2.54 bits per heavy atom. The molecular weight excluding hydrogens is 510 g/mol. The standard InChI is InChI=1S/C31H29N3O4S/c1-4-24(28(35)33-29-23(17-32)20-15-14-18(2)16-25(20)39-29)38-31(37)27-26(19-10-6-5-7-11-19)21-12-8-9-13-22(21)30(36)34(27)3/h5-13,18,24H,4,14-16H2,1-3H3,(H,33,35). The van der Waals surface area contributed by atoms with Crippen LogP contribution in [0.2, 0.25) is 0 Å². The topological polar surface area (TPSA) is 101 Å². The first kappa shape index (κ1) is 26.4. The van der Waals surface area contributed by atoms with E-state index in [0.29, 0.717) is 32.8 Å². The Labute approximate surface area is 230 Å². The second-order valence-corrected chi connectivity index (χ2v) is 11.1. The fourth-order valence-corrected chi connectivity index (χ4v) is 6.62. The Balaban J connectivity index is 1.49. The molecule has 0 saturated heterocycles. The van der Waals surface area contributed by atoms with Crippen LogP contribution < -0.4 is 10.9 Å². The van der Waals surface area contributed by atoms with Crippen LogP contribution in [-0.4, -0.2) is 22.5 Å². The number of benzene rings is 2. The van der Waals surface area contributed by atoms with Crippen LogP contribution in [0.3, 0.4) is 0 Å². The van der Waals surface area contributed by atoms with Crippen molar-refractivity contribution in [3.63, 3.8) is 0 Å². The number of pyridine rings is 1. The zero-order valence-corrected chi connectivity index (χ0v) is 22.9. The number of anilines is 1. The average Bonchev–Trinajstić information content (AvgIpc) is 3.29. The summed E-state index contributed by atoms with van der Waals surface area (Å²) in [6.07, 6.45) is 1.83. The summed E-state index contributed by atoms with van der Waals surface area (Å²) >= 11 is 1.43. The van der Waals surface area contributed by atoms with Gasteiger partial charge in [-0.15, -0.1) is 11.3 Å². The quantitative estimate of drug-likeness (QED) is 0.310. The first-order chi connectivity index (χ1) is 18.8. The third-order valence-corrected chi connectivity index (χ3v) is 8.50. The molecule has 2 aromatic heterocycles. The lowest BCUT2D eigenvalue weighted by Crippen LogP contribution is -2.34. The van der Waals surface area contributed by atoms with Gasteiger partial charge in [0.2, 0.25) is 0 Å². The molecule has 1 amide bonds. The number of carbonyl (C=O) groups excluding carboxylic acids is 2. The van der Waals surface area contributed by atoms with E-state index in [4.69, 9.17) is 4.74 Å². The molecule has 1 aliphatic rings. The number of fused-ring (bicyclic) bond motifs is 2. The Hall–Kier alpha value is -4.22. The normalized spacial score (nSPS) is 15.3. The van der Waals surface area contributed by atoms with Gasteiger partial charge in [-0.2, -0.15) is 5.26 Å². The first-order valence-corrected chi connectivity index (χ1v) is 13.9. The van der Waals surface area contributed by atoms with Crippen molar-refractivity contribution in [3.8, 4) is 17.2 Å². The Bertz CT molecular complexity index is 1680. The Morgan fingerprint density at radius 1 is 1.15 bits per heavy atom. The number of thiophene rings is 1. The van der Waals surface area contributed by atoms with Crippen molar-refractivity contribution in [2.45, 2.75) is 45.6 Å². The SMILES string of the molecule is CCC(OC(=O)c1c(-c2ccccc2)c2ccccc2c(=O)n1C)C(=O)Nc1sc2c(c1C#N)CCC(C)C2. The minimum Gasteiger partial charge on any atom is -0.448 e. The average molecular weight is 540 g/mol. The lowest BCUT2D eigenvalue weighted by Gasteiger charge is -2.20. The highest BCUT2D eigenvalue weighted by molar-refractivity contribution is 7.16. The van der Waals surface area contributed by atoms with Crippen molar-refractivity contribution in [2.24, 2.45) is 13.0 Å². The van der Waals surface area contributed by atoms with E-state index >= 15 is 0 Å². The van der Waals surface area contributed by atoms with E-state index in [0.717, 1.165) is 35.3 Å². The number of esters is 1. The third kappa shape index (κ3) is 4.86. The fourth-order valence-electron chi connectivity index (χ4n) is 5.26. The number of hydrogen-bond acceptors (Lipinski definition) is 6. The van der Waals surface area contributed by atoms with Crippen LogP contribution >= 0.6 is 11.3 Å². The maximum atomic E-state index is 13.7. The van der Waals surface area contributed by atoms with Crippen LogP contribution in [0.5, 0.6) is 0 Å². The molecule has 2 aromatic carbocycles. The molecule has 0 aliphatic heterocycles. The molecule has 198 valence electrons. The predicted octanol–water partition coefficient (Wildman–Crippen LogP) is 5.84. The van der Waals surface area contributed by atoms with Crippen LogP contribution in [0.25, 0.3) is 21.9 Å². The first-order valence-electron chi connectivity index (χ1n) is 13.1. The summed E-state index contributed by atoms with van der Waals surface area (Å²) in [7, 11) is 1.54. The van der Waals surface area contributed by atoms with Gasteiger partial charge in [0.25, 0.3) is 11.5 Å². The fraction of sp³-hybridized carbons (Fsp3) is 0.290. The number of rotatable bonds is 6. The predicted molar refractivity (Wildman–Crippen MR) is 153 cm³/mol. The van der Waals surface area contributed by atoms with Crippen molar-refractivity contribution in [2.75, 3.05) is 5.32 Å². The van der Waals surface area contributed by atoms with E-state index < -0.39 is 18.0 Å². The largest absolute Gasteiger partial charge is 0.448 e. The van der Waals surface area contributed by atoms with E-state index in [1.54, 1.807) is 19.1 Å². The molecule has 4 aromatic rings. The van der Waals surface area contributed by atoms with Gasteiger partial charge < -0.3 is 14.6 Å². The molecular formula is C31H29N3O4S. The molecule has 5 rings (SSSR count). The van der Waals surface area contributed by atoms with Gasteiger partial charge in [0.1, 0.15) is 16.8 Å². The van der Waals surface area contributed by atoms with E-state index in [-0.39, 0.29) is 17.7 Å². The highest BCUT2D eigenvalue weighted by Gasteiger charge is 2.30. The minimum absolute atomic E-state index is 0.0782. The molecule has 2 unspecified atom stereocenters. The van der Waals surface area contributed by atoms with Gasteiger partial charge in [-0.3, -0.25) is 9.59 Å². The van der Waals surface area contributed by atoms with Crippen molar-refractivity contribution in [3.05, 3.63) is 86.6 Å². The molecule has 0 radical (unpaired) electrons. The maximum absolute atomic E-state index is 13.7. The zero-order chi connectivity index (χ0) is 27.7. The molecule has 0 fully saturated rings. The lowest BCUT2D eigenvalue weighted by atomic mass is 9.88. The van der Waals surface area contributed by atoms with Gasteiger partial charge in [0, 0.05) is 22.9 Å². The monoisotopic (exact) mass is 539 g/mol. The molecule has 7 nitrogen and oxygen atoms in total. The molecule has 1 N–H and O–H groups in total. The lowest BCUT2D eigenvalue weighted by molar-refractivity contribution is -0.124. The molecule has 39 heavy (non-hydrogen) atoms. The summed E-state index contributed by atoms with van der Waals surface area (Å²) in [6.45, 7) is 3.94. The van der Waals surface area contributed by atoms with Gasteiger partial charge >= 0.3 is 5.97 Å². The third-order valence-electron chi connectivity index (χ3n) is 7.33. The highest BCUT2D eigenvalue weighted by atomic mass is 32.1. The van der Waals surface area contributed by atoms with Crippen LogP contribution in [0.4, 0.5) is 5.00 Å². The highest BCUT2D eigenvalue weighted by Crippen LogP contribution is 2.39. The van der Waals surface area contributed by atoms with Crippen LogP contribution in [0.15, 0.2) is 59.4 Å². The van der Waals surface area contributed by atoms with Crippen molar-refractivity contribution in [1.82, 2.24) is 4.57 Å². The molecule has 0 spiro atoms. The number of amides is 1. The van der Waals surface area contributed by atoms with E-state index in [1.807, 2.05) is 42.5 Å². The Morgan fingerprint density at radius 2 is 1.85 bits per heavy atom. The number of nitrogens with one attached hydrogen (secondary N) is 1. The summed E-state index contributed by atoms with van der Waals surface area (Å²) < 4.78 is 7.06. The number of ether oxygens (including phenoxy) is 1. The van der Waals surface area contributed by atoms with Crippen molar-refractivity contribution < 1.29 is 14.3 Å². The second-order valence-electron chi connectivity index (χ2n) is 9.96. The summed E-state index contributed by atoms with van der Waals surface area (Å²) in [5.41, 5.74) is 2.59. The number of nitrogens with zero attached hydrogens (tertiary/aromatic N) is 2. The van der Waals surface area contributed by atoms with Gasteiger partial charge in [0.15, 0.2) is 6.10 Å². The summed E-state index contributed by atoms with van der Waals surface area (Å²) in [5.74, 6) is -0.731. The summed E-state index contributed by atoms with van der Waals surface area (Å²) in [6, 6.07) is 18.7. The zero-order valence-electron chi connectivity index (χ0n) is 22.1. The second kappa shape index (κ2) is 10.9. The number of hydrogen-bond donors (Lipinski definition) is 1. The molecule has 2 heterocycles. The molecule has 1 aliphatic carbocycles. The van der Waals surface area contributed by atoms with Crippen LogP contribution in [0, 0.1) is 17.2 Å². The van der Waals surface area contributed by atoms with Crippen molar-refractivity contribution >= 4 is 39.0 Å². The van der Waals surface area contributed by atoms with Crippen LogP contribution in [0.1, 0.15) is 53.2 Å². The molecule has 2 atom stereocenters. The van der Waals surface area contributed by atoms with Crippen LogP contribution in [-0.2, 0) is 29.4 Å². The van der Waals surface area contributed by atoms with Gasteiger partial charge in [-0.25, -0.2) is 4.79 Å². The smallest absolute Gasteiger partial charge is 0.356 e. The summed E-state index contributed by atoms with van der Waals surface area (Å²) in [4.78, 5) is 41.3. The van der Waals surface area contributed by atoms with E-state index in [2.05, 4.69) is 18.3 Å². The minimum atomic E-state index is -1.10. The molecule has 0 bridgehead atoms. The molecule has 0 saturated carbocycles. The van der Waals surface area contributed by atoms with Crippen molar-refractivity contribution in [1.29, 1.82) is 5.26 Å².